The molecule has 118 valence electrons. The van der Waals surface area contributed by atoms with Gasteiger partial charge in [0, 0.05) is 5.69 Å². The zero-order chi connectivity index (χ0) is 16.6. The van der Waals surface area contributed by atoms with E-state index in [0.717, 1.165) is 16.8 Å². The first kappa shape index (κ1) is 15.3. The predicted octanol–water partition coefficient (Wildman–Crippen LogP) is 3.36. The number of para-hydroxylation sites is 1. The maximum Gasteiger partial charge on any atom is 0.256 e. The summed E-state index contributed by atoms with van der Waals surface area (Å²) in [5.74, 6) is -0.360. The average Bonchev–Trinajstić information content (AvgIpc) is 2.78. The third-order valence-electron chi connectivity index (χ3n) is 4.16. The fourth-order valence-electron chi connectivity index (χ4n) is 3.17. The highest BCUT2D eigenvalue weighted by atomic mass is 16.2. The molecule has 0 unspecified atom stereocenters. The monoisotopic (exact) mass is 308 g/mol. The molecule has 1 fully saturated rings. The first-order valence-corrected chi connectivity index (χ1v) is 7.73. The molecule has 1 aliphatic rings. The number of nitrogens with one attached hydrogen (secondary N) is 1. The Labute approximate surface area is 136 Å². The van der Waals surface area contributed by atoms with Gasteiger partial charge in [-0.2, -0.15) is 0 Å². The molecule has 2 aromatic rings. The van der Waals surface area contributed by atoms with Crippen molar-refractivity contribution in [2.75, 3.05) is 10.2 Å². The maximum absolute atomic E-state index is 12.7. The van der Waals surface area contributed by atoms with Crippen LogP contribution in [0.4, 0.5) is 11.4 Å². The van der Waals surface area contributed by atoms with E-state index in [1.807, 2.05) is 39.0 Å². The summed E-state index contributed by atoms with van der Waals surface area (Å²) in [6.45, 7) is 6.07. The molecule has 2 amide bonds. The van der Waals surface area contributed by atoms with Gasteiger partial charge in [0.15, 0.2) is 0 Å². The lowest BCUT2D eigenvalue weighted by Crippen LogP contribution is -2.35. The van der Waals surface area contributed by atoms with Crippen LogP contribution in [0.3, 0.4) is 0 Å². The molecule has 1 saturated heterocycles. The largest absolute Gasteiger partial charge is 0.373 e. The van der Waals surface area contributed by atoms with Crippen molar-refractivity contribution < 1.29 is 9.59 Å². The van der Waals surface area contributed by atoms with E-state index in [1.165, 1.54) is 10.5 Å². The molecule has 2 aromatic carbocycles. The minimum atomic E-state index is -0.511. The van der Waals surface area contributed by atoms with Gasteiger partial charge in [-0.25, -0.2) is 4.90 Å². The first-order chi connectivity index (χ1) is 11.0. The summed E-state index contributed by atoms with van der Waals surface area (Å²) >= 11 is 0. The highest BCUT2D eigenvalue weighted by Crippen LogP contribution is 2.28. The second kappa shape index (κ2) is 5.88. The number of anilines is 2. The van der Waals surface area contributed by atoms with Gasteiger partial charge in [-0.3, -0.25) is 9.59 Å². The molecule has 4 nitrogen and oxygen atoms in total. The van der Waals surface area contributed by atoms with Crippen molar-refractivity contribution in [1.82, 2.24) is 0 Å². The van der Waals surface area contributed by atoms with Gasteiger partial charge in [0.25, 0.3) is 5.91 Å². The van der Waals surface area contributed by atoms with Crippen molar-refractivity contribution in [1.29, 1.82) is 0 Å². The van der Waals surface area contributed by atoms with Crippen molar-refractivity contribution in [3.05, 3.63) is 59.2 Å². The Morgan fingerprint density at radius 1 is 1.00 bits per heavy atom. The molecule has 0 aromatic heterocycles. The first-order valence-electron chi connectivity index (χ1n) is 7.73. The summed E-state index contributed by atoms with van der Waals surface area (Å²) in [6.07, 6.45) is 0.181. The van der Waals surface area contributed by atoms with Crippen LogP contribution >= 0.6 is 0 Å². The zero-order valence-corrected chi connectivity index (χ0v) is 13.6. The van der Waals surface area contributed by atoms with Gasteiger partial charge < -0.3 is 5.32 Å². The Kier molecular flexibility index (Phi) is 3.90. The van der Waals surface area contributed by atoms with Crippen molar-refractivity contribution in [2.45, 2.75) is 33.2 Å². The Hall–Kier alpha value is -2.62. The van der Waals surface area contributed by atoms with Crippen LogP contribution in [0.1, 0.15) is 23.1 Å². The van der Waals surface area contributed by atoms with E-state index in [2.05, 4.69) is 17.4 Å². The number of hydrogen-bond donors (Lipinski definition) is 1. The van der Waals surface area contributed by atoms with Crippen molar-refractivity contribution in [3.8, 4) is 0 Å². The van der Waals surface area contributed by atoms with Crippen molar-refractivity contribution in [3.63, 3.8) is 0 Å². The lowest BCUT2D eigenvalue weighted by atomic mass is 10.0. The average molecular weight is 308 g/mol. The number of aryl methyl sites for hydroxylation is 3. The number of nitrogens with zero attached hydrogens (tertiary/aromatic N) is 1. The van der Waals surface area contributed by atoms with E-state index in [1.54, 1.807) is 12.1 Å². The second-order valence-corrected chi connectivity index (χ2v) is 6.08. The summed E-state index contributed by atoms with van der Waals surface area (Å²) in [5, 5.41) is 3.27. The SMILES string of the molecule is Cc1cc(C)c(N[C@H]2CC(=O)N(c3ccccc3)C2=O)c(C)c1. The molecule has 0 bridgehead atoms. The molecule has 1 N–H and O–H groups in total. The van der Waals surface area contributed by atoms with Gasteiger partial charge in [-0.15, -0.1) is 0 Å². The smallest absolute Gasteiger partial charge is 0.256 e. The van der Waals surface area contributed by atoms with Gasteiger partial charge >= 0.3 is 0 Å². The maximum atomic E-state index is 12.7. The quantitative estimate of drug-likeness (QED) is 0.885. The van der Waals surface area contributed by atoms with Crippen molar-refractivity contribution in [2.24, 2.45) is 0 Å². The molecule has 0 saturated carbocycles. The Morgan fingerprint density at radius 2 is 1.61 bits per heavy atom. The van der Waals surface area contributed by atoms with Gasteiger partial charge in [0.05, 0.1) is 12.1 Å². The third-order valence-corrected chi connectivity index (χ3v) is 4.16. The lowest BCUT2D eigenvalue weighted by Gasteiger charge is -2.19. The van der Waals surface area contributed by atoms with Gasteiger partial charge in [-0.1, -0.05) is 35.9 Å². The number of imide groups is 1. The van der Waals surface area contributed by atoms with Crippen LogP contribution < -0.4 is 10.2 Å². The topological polar surface area (TPSA) is 49.4 Å². The van der Waals surface area contributed by atoms with Crippen LogP contribution in [0.25, 0.3) is 0 Å². The summed E-state index contributed by atoms with van der Waals surface area (Å²) in [5.41, 5.74) is 4.92. The third kappa shape index (κ3) is 2.84. The van der Waals surface area contributed by atoms with Crippen LogP contribution in [0.15, 0.2) is 42.5 Å². The fourth-order valence-corrected chi connectivity index (χ4v) is 3.17. The number of rotatable bonds is 3. The highest BCUT2D eigenvalue weighted by molar-refractivity contribution is 6.23. The van der Waals surface area contributed by atoms with E-state index in [-0.39, 0.29) is 18.2 Å². The van der Waals surface area contributed by atoms with Crippen LogP contribution in [0.5, 0.6) is 0 Å². The summed E-state index contributed by atoms with van der Waals surface area (Å²) in [4.78, 5) is 26.2. The van der Waals surface area contributed by atoms with E-state index >= 15 is 0 Å². The van der Waals surface area contributed by atoms with Crippen LogP contribution in [-0.2, 0) is 9.59 Å². The van der Waals surface area contributed by atoms with Crippen molar-refractivity contribution >= 4 is 23.2 Å². The zero-order valence-electron chi connectivity index (χ0n) is 13.6. The van der Waals surface area contributed by atoms with E-state index < -0.39 is 6.04 Å². The number of amides is 2. The lowest BCUT2D eigenvalue weighted by molar-refractivity contribution is -0.121. The second-order valence-electron chi connectivity index (χ2n) is 6.08. The molecule has 1 aliphatic heterocycles. The minimum Gasteiger partial charge on any atom is -0.373 e. The molecule has 3 rings (SSSR count). The molecule has 1 heterocycles. The predicted molar refractivity (Wildman–Crippen MR) is 91.6 cm³/mol. The minimum absolute atomic E-state index is 0.166. The standard InChI is InChI=1S/C19H20N2O2/c1-12-9-13(2)18(14(3)10-12)20-16-11-17(22)21(19(16)23)15-7-5-4-6-8-15/h4-10,16,20H,11H2,1-3H3/t16-/m0/s1. The van der Waals surface area contributed by atoms with Gasteiger partial charge in [0.1, 0.15) is 6.04 Å². The van der Waals surface area contributed by atoms with Crippen LogP contribution in [0, 0.1) is 20.8 Å². The number of carbonyl (C=O) groups is 2. The molecule has 0 spiro atoms. The summed E-state index contributed by atoms with van der Waals surface area (Å²) < 4.78 is 0. The van der Waals surface area contributed by atoms with E-state index in [9.17, 15) is 9.59 Å². The summed E-state index contributed by atoms with van der Waals surface area (Å²) in [7, 11) is 0. The molecule has 0 radical (unpaired) electrons. The highest BCUT2D eigenvalue weighted by Gasteiger charge is 2.39. The fraction of sp³-hybridized carbons (Fsp3) is 0.263. The number of carbonyl (C=O) groups excluding carboxylic acids is 2. The van der Waals surface area contributed by atoms with E-state index in [4.69, 9.17) is 0 Å². The normalized spacial score (nSPS) is 17.7. The number of hydrogen-bond acceptors (Lipinski definition) is 3. The van der Waals surface area contributed by atoms with Gasteiger partial charge in [-0.05, 0) is 44.0 Å². The molecular formula is C19H20N2O2. The Morgan fingerprint density at radius 3 is 2.22 bits per heavy atom. The summed E-state index contributed by atoms with van der Waals surface area (Å²) in [6, 6.07) is 12.7. The molecule has 23 heavy (non-hydrogen) atoms. The molecular weight excluding hydrogens is 288 g/mol. The molecule has 4 heteroatoms. The van der Waals surface area contributed by atoms with E-state index in [0.29, 0.717) is 5.69 Å². The van der Waals surface area contributed by atoms with Gasteiger partial charge in [0.2, 0.25) is 5.91 Å². The molecule has 0 aliphatic carbocycles. The number of benzene rings is 2. The Bertz CT molecular complexity index is 745. The molecule has 1 atom stereocenters. The van der Waals surface area contributed by atoms with Crippen LogP contribution in [-0.4, -0.2) is 17.9 Å². The Balaban J connectivity index is 1.86. The van der Waals surface area contributed by atoms with Crippen LogP contribution in [0.2, 0.25) is 0 Å².